The van der Waals surface area contributed by atoms with Crippen molar-refractivity contribution in [3.8, 4) is 0 Å². The van der Waals surface area contributed by atoms with E-state index in [4.69, 9.17) is 13.6 Å². The molecule has 0 amide bonds. The van der Waals surface area contributed by atoms with Crippen molar-refractivity contribution < 1.29 is 42.4 Å². The van der Waals surface area contributed by atoms with Gasteiger partial charge in [-0.3, -0.25) is 27.5 Å². The van der Waals surface area contributed by atoms with E-state index in [1.807, 2.05) is 30.9 Å². The maximum absolute atomic E-state index is 12.7. The van der Waals surface area contributed by atoms with Crippen molar-refractivity contribution >= 4 is 34.5 Å². The molecule has 3 rings (SSSR count). The molecule has 34 heavy (non-hydrogen) atoms. The van der Waals surface area contributed by atoms with Crippen LogP contribution in [0.2, 0.25) is 0 Å². The summed E-state index contributed by atoms with van der Waals surface area (Å²) < 4.78 is 54.3. The van der Waals surface area contributed by atoms with E-state index < -0.39 is 59.4 Å². The van der Waals surface area contributed by atoms with E-state index in [2.05, 4.69) is 9.98 Å². The van der Waals surface area contributed by atoms with Gasteiger partial charge in [0.25, 0.3) is 0 Å². The van der Waals surface area contributed by atoms with Crippen molar-refractivity contribution in [2.24, 2.45) is 4.99 Å². The van der Waals surface area contributed by atoms with Crippen LogP contribution in [0.4, 0.5) is 5.82 Å². The van der Waals surface area contributed by atoms with E-state index in [1.54, 1.807) is 6.34 Å². The number of hydrogen-bond donors (Lipinski definition) is 3. The first-order chi connectivity index (χ1) is 15.5. The van der Waals surface area contributed by atoms with Crippen LogP contribution in [0.5, 0.6) is 0 Å². The standard InChI is InChI=1S/C17H32N5O9P3/c1-20(2)16-12-15(19-8-21(16)3)22(9-18-12)17-14(24)13(23)11(30-17)7-29-34(6,28)31-33(5,27)10-32(4,25)26/h8-9,11,13-14,16-17,23-24H,7,10H2,1-6H3,(H,25,26)/t11-,13?,14?,16?,17-,33?,34?/m1/s1. The van der Waals surface area contributed by atoms with Crippen molar-refractivity contribution in [3.05, 3.63) is 12.0 Å². The van der Waals surface area contributed by atoms with Crippen LogP contribution in [-0.2, 0) is 27.3 Å². The quantitative estimate of drug-likeness (QED) is 0.381. The van der Waals surface area contributed by atoms with Crippen LogP contribution in [-0.4, -0.2) is 113 Å². The molecule has 194 valence electrons. The number of aliphatic hydroxyl groups excluding tert-OH is 2. The Morgan fingerprint density at radius 2 is 1.82 bits per heavy atom. The lowest BCUT2D eigenvalue weighted by atomic mass is 10.1. The molecule has 0 bridgehead atoms. The summed E-state index contributed by atoms with van der Waals surface area (Å²) in [7, 11) is -5.69. The van der Waals surface area contributed by atoms with Crippen molar-refractivity contribution in [3.63, 3.8) is 0 Å². The van der Waals surface area contributed by atoms with Gasteiger partial charge in [0.05, 0.1) is 19.3 Å². The minimum atomic E-state index is -3.95. The zero-order valence-electron chi connectivity index (χ0n) is 19.8. The van der Waals surface area contributed by atoms with Crippen LogP contribution in [0.15, 0.2) is 11.3 Å². The van der Waals surface area contributed by atoms with Crippen LogP contribution in [0.1, 0.15) is 18.1 Å². The number of aromatic nitrogens is 2. The third kappa shape index (κ3) is 6.25. The van der Waals surface area contributed by atoms with Crippen LogP contribution in [0, 0.1) is 0 Å². The first-order valence-corrected chi connectivity index (χ1v) is 16.9. The van der Waals surface area contributed by atoms with E-state index in [-0.39, 0.29) is 6.17 Å². The highest BCUT2D eigenvalue weighted by atomic mass is 31.3. The van der Waals surface area contributed by atoms with Gasteiger partial charge in [0.1, 0.15) is 36.1 Å². The predicted molar refractivity (Wildman–Crippen MR) is 125 cm³/mol. The Bertz CT molecular complexity index is 1070. The lowest BCUT2D eigenvalue weighted by molar-refractivity contribution is -0.0491. The van der Waals surface area contributed by atoms with Gasteiger partial charge < -0.3 is 29.3 Å². The molecule has 0 aromatic carbocycles. The van der Waals surface area contributed by atoms with E-state index in [9.17, 15) is 28.8 Å². The summed E-state index contributed by atoms with van der Waals surface area (Å²) in [6.45, 7) is 2.74. The second kappa shape index (κ2) is 9.86. The van der Waals surface area contributed by atoms with Crippen LogP contribution >= 0.6 is 22.3 Å². The SMILES string of the molecule is CN(C)C1c2ncn([C@@H]3O[C@H](COP(C)(=O)OP(C)(=O)CP(C)(=O)O)C(O)C3O)c2N=CN1C. The number of fused-ring (bicyclic) bond motifs is 1. The Labute approximate surface area is 198 Å². The Morgan fingerprint density at radius 1 is 1.18 bits per heavy atom. The smallest absolute Gasteiger partial charge is 0.333 e. The molecule has 1 aromatic heterocycles. The number of hydrogen-bond acceptors (Lipinski definition) is 12. The average Bonchev–Trinajstić information content (AvgIpc) is 3.18. The van der Waals surface area contributed by atoms with Gasteiger partial charge in [0.15, 0.2) is 12.0 Å². The molecule has 3 heterocycles. The lowest BCUT2D eigenvalue weighted by Gasteiger charge is -2.33. The lowest BCUT2D eigenvalue weighted by Crippen LogP contribution is -2.36. The normalized spacial score (nSPS) is 32.3. The largest absolute Gasteiger partial charge is 0.387 e. The topological polar surface area (TPSA) is 176 Å². The monoisotopic (exact) mass is 543 g/mol. The maximum atomic E-state index is 12.7. The Morgan fingerprint density at radius 3 is 2.41 bits per heavy atom. The molecule has 1 fully saturated rings. The number of rotatable bonds is 9. The number of imidazole rings is 1. The van der Waals surface area contributed by atoms with Gasteiger partial charge >= 0.3 is 7.60 Å². The van der Waals surface area contributed by atoms with E-state index in [1.165, 1.54) is 10.9 Å². The minimum Gasteiger partial charge on any atom is -0.387 e. The Hall–Kier alpha value is -0.910. The van der Waals surface area contributed by atoms with Crippen molar-refractivity contribution in [2.75, 3.05) is 53.6 Å². The number of aliphatic hydroxyl groups is 2. The maximum Gasteiger partial charge on any atom is 0.333 e. The third-order valence-corrected chi connectivity index (χ3v) is 12.5. The highest BCUT2D eigenvalue weighted by Crippen LogP contribution is 2.65. The molecule has 8 atom stereocenters. The fourth-order valence-electron chi connectivity index (χ4n) is 4.03. The van der Waals surface area contributed by atoms with Crippen molar-refractivity contribution in [2.45, 2.75) is 30.7 Å². The number of nitrogens with zero attached hydrogens (tertiary/aromatic N) is 5. The second-order valence-electron chi connectivity index (χ2n) is 9.01. The van der Waals surface area contributed by atoms with Gasteiger partial charge in [0, 0.05) is 27.0 Å². The molecule has 17 heteroatoms. The van der Waals surface area contributed by atoms with Gasteiger partial charge in [-0.1, -0.05) is 0 Å². The highest BCUT2D eigenvalue weighted by molar-refractivity contribution is 7.78. The summed E-state index contributed by atoms with van der Waals surface area (Å²) >= 11 is 0. The van der Waals surface area contributed by atoms with E-state index in [0.717, 1.165) is 20.0 Å². The van der Waals surface area contributed by atoms with Gasteiger partial charge in [0.2, 0.25) is 14.7 Å². The van der Waals surface area contributed by atoms with Gasteiger partial charge in [-0.25, -0.2) is 9.98 Å². The average molecular weight is 543 g/mol. The molecular weight excluding hydrogens is 511 g/mol. The van der Waals surface area contributed by atoms with Gasteiger partial charge in [-0.05, 0) is 14.1 Å². The molecule has 3 N–H and O–H groups in total. The zero-order valence-corrected chi connectivity index (χ0v) is 22.5. The van der Waals surface area contributed by atoms with Crippen LogP contribution in [0.25, 0.3) is 0 Å². The molecule has 0 spiro atoms. The summed E-state index contributed by atoms with van der Waals surface area (Å²) in [4.78, 5) is 22.1. The molecule has 0 aliphatic carbocycles. The summed E-state index contributed by atoms with van der Waals surface area (Å²) in [6, 6.07) is 0. The number of aliphatic imine (C=N–C) groups is 1. The zero-order chi connectivity index (χ0) is 25.6. The highest BCUT2D eigenvalue weighted by Gasteiger charge is 2.46. The summed E-state index contributed by atoms with van der Waals surface area (Å²) in [5, 5.41) is 21.1. The Balaban J connectivity index is 1.71. The molecular formula is C17H32N5O9P3. The molecule has 0 radical (unpaired) electrons. The van der Waals surface area contributed by atoms with Crippen molar-refractivity contribution in [1.82, 2.24) is 19.4 Å². The summed E-state index contributed by atoms with van der Waals surface area (Å²) in [5.74, 6) is -0.195. The molecule has 2 aliphatic heterocycles. The van der Waals surface area contributed by atoms with E-state index >= 15 is 0 Å². The first kappa shape index (κ1) is 27.7. The van der Waals surface area contributed by atoms with Crippen molar-refractivity contribution in [1.29, 1.82) is 0 Å². The van der Waals surface area contributed by atoms with Gasteiger partial charge in [-0.2, -0.15) is 0 Å². The van der Waals surface area contributed by atoms with Gasteiger partial charge in [-0.15, -0.1) is 0 Å². The first-order valence-electron chi connectivity index (χ1n) is 10.3. The number of ether oxygens (including phenoxy) is 1. The summed E-state index contributed by atoms with van der Waals surface area (Å²) in [5.41, 5.74) is 0.641. The minimum absolute atomic E-state index is 0.193. The molecule has 1 saturated heterocycles. The van der Waals surface area contributed by atoms with Crippen LogP contribution < -0.4 is 0 Å². The molecule has 6 unspecified atom stereocenters. The van der Waals surface area contributed by atoms with E-state index in [0.29, 0.717) is 11.5 Å². The molecule has 2 aliphatic rings. The Kier molecular flexibility index (Phi) is 8.02. The molecule has 14 nitrogen and oxygen atoms in total. The summed E-state index contributed by atoms with van der Waals surface area (Å²) in [6.07, 6.45) is -2.01. The fourth-order valence-corrected chi connectivity index (χ4v) is 11.6. The third-order valence-electron chi connectivity index (χ3n) is 5.20. The fraction of sp³-hybridized carbons (Fsp3) is 0.765. The van der Waals surface area contributed by atoms with Crippen LogP contribution in [0.3, 0.4) is 0 Å². The predicted octanol–water partition coefficient (Wildman–Crippen LogP) is 1.29. The second-order valence-corrected chi connectivity index (χ2v) is 16.7. The molecule has 0 saturated carbocycles. The molecule has 1 aromatic rings.